The van der Waals surface area contributed by atoms with E-state index in [2.05, 4.69) is 31.2 Å². The number of pyridine rings is 1. The van der Waals surface area contributed by atoms with Crippen LogP contribution in [0.25, 0.3) is 0 Å². The molecule has 0 saturated carbocycles. The summed E-state index contributed by atoms with van der Waals surface area (Å²) in [4.78, 5) is 42.5. The van der Waals surface area contributed by atoms with E-state index in [1.54, 1.807) is 18.6 Å². The predicted octanol–water partition coefficient (Wildman–Crippen LogP) is 1.12. The highest BCUT2D eigenvalue weighted by molar-refractivity contribution is 5.92. The Balaban J connectivity index is 1.35. The molecule has 0 aromatic carbocycles. The number of hydrogen-bond donors (Lipinski definition) is 1. The number of carbonyl (C=O) groups excluding carboxylic acids is 2. The summed E-state index contributed by atoms with van der Waals surface area (Å²) in [6, 6.07) is 4.04. The van der Waals surface area contributed by atoms with Gasteiger partial charge in [0.1, 0.15) is 5.69 Å². The molecular formula is C22H26N6O2. The second-order valence-corrected chi connectivity index (χ2v) is 8.76. The highest BCUT2D eigenvalue weighted by Crippen LogP contribution is 2.56. The fourth-order valence-corrected chi connectivity index (χ4v) is 5.72. The smallest absolute Gasteiger partial charge is 0.274 e. The van der Waals surface area contributed by atoms with Crippen molar-refractivity contribution in [2.45, 2.75) is 25.8 Å². The molecule has 0 radical (unpaired) electrons. The molecule has 3 aliphatic heterocycles. The third kappa shape index (κ3) is 3.06. The van der Waals surface area contributed by atoms with E-state index in [9.17, 15) is 9.59 Å². The van der Waals surface area contributed by atoms with Gasteiger partial charge in [0, 0.05) is 69.5 Å². The average molecular weight is 406 g/mol. The molecule has 0 aliphatic carbocycles. The van der Waals surface area contributed by atoms with Crippen LogP contribution in [0.15, 0.2) is 43.1 Å². The molecule has 3 saturated heterocycles. The van der Waals surface area contributed by atoms with Gasteiger partial charge < -0.3 is 10.2 Å². The van der Waals surface area contributed by atoms with Gasteiger partial charge in [-0.15, -0.1) is 0 Å². The molecule has 2 aromatic rings. The highest BCUT2D eigenvalue weighted by Gasteiger charge is 2.63. The second kappa shape index (κ2) is 7.43. The molecule has 1 N–H and O–H groups in total. The number of amides is 2. The van der Waals surface area contributed by atoms with E-state index in [4.69, 9.17) is 0 Å². The van der Waals surface area contributed by atoms with Crippen molar-refractivity contribution in [2.75, 3.05) is 32.7 Å². The van der Waals surface area contributed by atoms with Gasteiger partial charge in [0.25, 0.3) is 5.91 Å². The van der Waals surface area contributed by atoms with Gasteiger partial charge in [0.2, 0.25) is 5.91 Å². The van der Waals surface area contributed by atoms with Gasteiger partial charge in [-0.1, -0.05) is 6.07 Å². The fourth-order valence-electron chi connectivity index (χ4n) is 5.72. The van der Waals surface area contributed by atoms with Crippen molar-refractivity contribution in [2.24, 2.45) is 10.8 Å². The van der Waals surface area contributed by atoms with E-state index in [0.29, 0.717) is 18.8 Å². The maximum absolute atomic E-state index is 13.1. The number of piperidine rings is 1. The molecule has 8 nitrogen and oxygen atoms in total. The Morgan fingerprint density at radius 1 is 1.07 bits per heavy atom. The molecule has 2 aromatic heterocycles. The maximum atomic E-state index is 13.1. The zero-order chi connectivity index (χ0) is 20.6. The quantitative estimate of drug-likeness (QED) is 0.821. The van der Waals surface area contributed by atoms with E-state index in [-0.39, 0.29) is 22.6 Å². The number of aromatic nitrogens is 3. The van der Waals surface area contributed by atoms with Gasteiger partial charge in [-0.25, -0.2) is 4.98 Å². The molecule has 2 amide bonds. The third-order valence-electron chi connectivity index (χ3n) is 7.23. The average Bonchev–Trinajstić information content (AvgIpc) is 3.30. The van der Waals surface area contributed by atoms with Gasteiger partial charge in [0.15, 0.2) is 0 Å². The SMILES string of the molecule is O=C(c1cnccn1)N1CCC2(CC1)CN(Cc1cccnc1)C[C@@]21CCNC1=O. The summed E-state index contributed by atoms with van der Waals surface area (Å²) in [5, 5.41) is 3.09. The summed E-state index contributed by atoms with van der Waals surface area (Å²) in [6.07, 6.45) is 10.8. The number of nitrogens with zero attached hydrogens (tertiary/aromatic N) is 5. The van der Waals surface area contributed by atoms with E-state index < -0.39 is 0 Å². The lowest BCUT2D eigenvalue weighted by Crippen LogP contribution is -2.53. The van der Waals surface area contributed by atoms with Crippen LogP contribution < -0.4 is 5.32 Å². The Morgan fingerprint density at radius 3 is 2.57 bits per heavy atom. The largest absolute Gasteiger partial charge is 0.356 e. The van der Waals surface area contributed by atoms with Crippen molar-refractivity contribution in [3.8, 4) is 0 Å². The Kier molecular flexibility index (Phi) is 4.73. The second-order valence-electron chi connectivity index (χ2n) is 8.76. The van der Waals surface area contributed by atoms with Crippen molar-refractivity contribution < 1.29 is 9.59 Å². The van der Waals surface area contributed by atoms with Crippen molar-refractivity contribution in [3.05, 3.63) is 54.4 Å². The number of nitrogens with one attached hydrogen (secondary N) is 1. The summed E-state index contributed by atoms with van der Waals surface area (Å²) in [6.45, 7) is 4.47. The lowest BCUT2D eigenvalue weighted by Gasteiger charge is -2.46. The van der Waals surface area contributed by atoms with Crippen LogP contribution in [0.5, 0.6) is 0 Å². The van der Waals surface area contributed by atoms with Crippen LogP contribution in [0.4, 0.5) is 0 Å². The van der Waals surface area contributed by atoms with Crippen LogP contribution in [0.1, 0.15) is 35.3 Å². The van der Waals surface area contributed by atoms with Gasteiger partial charge in [-0.2, -0.15) is 0 Å². The topological polar surface area (TPSA) is 91.3 Å². The van der Waals surface area contributed by atoms with Gasteiger partial charge in [-0.3, -0.25) is 24.5 Å². The lowest BCUT2D eigenvalue weighted by atomic mass is 9.60. The van der Waals surface area contributed by atoms with Gasteiger partial charge in [0.05, 0.1) is 11.6 Å². The molecule has 30 heavy (non-hydrogen) atoms. The molecule has 5 heterocycles. The van der Waals surface area contributed by atoms with E-state index in [0.717, 1.165) is 45.4 Å². The summed E-state index contributed by atoms with van der Waals surface area (Å²) >= 11 is 0. The maximum Gasteiger partial charge on any atom is 0.274 e. The Labute approximate surface area is 175 Å². The molecule has 3 aliphatic rings. The van der Waals surface area contributed by atoms with E-state index >= 15 is 0 Å². The molecule has 1 atom stereocenters. The zero-order valence-corrected chi connectivity index (χ0v) is 17.0. The van der Waals surface area contributed by atoms with Crippen LogP contribution in [0, 0.1) is 10.8 Å². The molecule has 156 valence electrons. The van der Waals surface area contributed by atoms with E-state index in [1.807, 2.05) is 17.2 Å². The fraction of sp³-hybridized carbons (Fsp3) is 0.500. The van der Waals surface area contributed by atoms with Crippen LogP contribution in [0.3, 0.4) is 0 Å². The van der Waals surface area contributed by atoms with Crippen LogP contribution >= 0.6 is 0 Å². The van der Waals surface area contributed by atoms with Crippen LogP contribution in [0.2, 0.25) is 0 Å². The number of carbonyl (C=O) groups is 2. The first-order chi connectivity index (χ1) is 14.6. The number of rotatable bonds is 3. The van der Waals surface area contributed by atoms with Crippen LogP contribution in [-0.2, 0) is 11.3 Å². The molecule has 0 bridgehead atoms. The zero-order valence-electron chi connectivity index (χ0n) is 17.0. The summed E-state index contributed by atoms with van der Waals surface area (Å²) in [5.41, 5.74) is 1.08. The Hall–Kier alpha value is -2.87. The highest BCUT2D eigenvalue weighted by atomic mass is 16.2. The van der Waals surface area contributed by atoms with Crippen molar-refractivity contribution in [1.82, 2.24) is 30.1 Å². The van der Waals surface area contributed by atoms with Crippen molar-refractivity contribution >= 4 is 11.8 Å². The Morgan fingerprint density at radius 2 is 1.90 bits per heavy atom. The first-order valence-corrected chi connectivity index (χ1v) is 10.6. The van der Waals surface area contributed by atoms with E-state index in [1.165, 1.54) is 11.8 Å². The normalized spacial score (nSPS) is 25.7. The lowest BCUT2D eigenvalue weighted by molar-refractivity contribution is -0.133. The number of hydrogen-bond acceptors (Lipinski definition) is 6. The minimum atomic E-state index is -0.364. The number of likely N-dealkylation sites (tertiary alicyclic amines) is 2. The summed E-state index contributed by atoms with van der Waals surface area (Å²) in [7, 11) is 0. The summed E-state index contributed by atoms with van der Waals surface area (Å²) in [5.74, 6) is 0.109. The molecule has 2 spiro atoms. The monoisotopic (exact) mass is 406 g/mol. The first-order valence-electron chi connectivity index (χ1n) is 10.6. The molecule has 5 rings (SSSR count). The third-order valence-corrected chi connectivity index (χ3v) is 7.23. The van der Waals surface area contributed by atoms with Crippen LogP contribution in [-0.4, -0.2) is 69.3 Å². The molecule has 8 heteroatoms. The molecule has 3 fully saturated rings. The van der Waals surface area contributed by atoms with Gasteiger partial charge in [-0.05, 0) is 30.9 Å². The van der Waals surface area contributed by atoms with Crippen molar-refractivity contribution in [1.29, 1.82) is 0 Å². The van der Waals surface area contributed by atoms with Gasteiger partial charge >= 0.3 is 0 Å². The molecule has 0 unspecified atom stereocenters. The minimum absolute atomic E-state index is 0.0758. The standard InChI is InChI=1S/C22H26N6O2/c29-19(18-13-24-8-9-25-18)28-10-4-21(5-11-28)15-27(14-17-2-1-6-23-12-17)16-22(21)3-7-26-20(22)30/h1-2,6,8-9,12-13H,3-5,7,10-11,14-16H2,(H,26,30)/t22-/m1/s1. The Bertz CT molecular complexity index is 929. The predicted molar refractivity (Wildman–Crippen MR) is 109 cm³/mol. The number of fused-ring (bicyclic) bond motifs is 1. The minimum Gasteiger partial charge on any atom is -0.356 e. The molecular weight excluding hydrogens is 380 g/mol. The summed E-state index contributed by atoms with van der Waals surface area (Å²) < 4.78 is 0. The van der Waals surface area contributed by atoms with Crippen molar-refractivity contribution in [3.63, 3.8) is 0 Å². The first kappa shape index (κ1) is 19.1.